The number of nitrogens with one attached hydrogen (secondary N) is 1. The van der Waals surface area contributed by atoms with E-state index in [-0.39, 0.29) is 18.5 Å². The SMILES string of the molecule is CCc1ccc(COC(=O)N2CCN(CCC(=O)c3ccc4[nH]c(=O)oc4c3)CC2)cc1. The molecule has 0 radical (unpaired) electrons. The topological polar surface area (TPSA) is 95.9 Å². The summed E-state index contributed by atoms with van der Waals surface area (Å²) in [7, 11) is 0. The third-order valence-electron chi connectivity index (χ3n) is 5.82. The second kappa shape index (κ2) is 9.82. The molecule has 3 aromatic rings. The number of amides is 1. The van der Waals surface area contributed by atoms with E-state index in [4.69, 9.17) is 9.15 Å². The normalized spacial score (nSPS) is 14.6. The number of piperazine rings is 1. The van der Waals surface area contributed by atoms with Gasteiger partial charge in [-0.05, 0) is 35.7 Å². The number of oxazole rings is 1. The Morgan fingerprint density at radius 1 is 1.03 bits per heavy atom. The zero-order chi connectivity index (χ0) is 22.5. The number of H-pyrrole nitrogens is 1. The molecule has 1 N–H and O–H groups in total. The summed E-state index contributed by atoms with van der Waals surface area (Å²) in [6.45, 7) is 5.51. The van der Waals surface area contributed by atoms with Crippen LogP contribution in [-0.4, -0.2) is 59.4 Å². The molecule has 2 aromatic carbocycles. The van der Waals surface area contributed by atoms with Crippen LogP contribution in [0, 0.1) is 0 Å². The Kier molecular flexibility index (Phi) is 6.70. The maximum Gasteiger partial charge on any atom is 0.417 e. The summed E-state index contributed by atoms with van der Waals surface area (Å²) in [5.74, 6) is -0.540. The first kappa shape index (κ1) is 21.8. The highest BCUT2D eigenvalue weighted by Gasteiger charge is 2.22. The number of ketones is 1. The van der Waals surface area contributed by atoms with Gasteiger partial charge in [0, 0.05) is 44.7 Å². The number of aromatic amines is 1. The van der Waals surface area contributed by atoms with Gasteiger partial charge >= 0.3 is 11.8 Å². The number of aromatic nitrogens is 1. The van der Waals surface area contributed by atoms with Crippen molar-refractivity contribution in [3.8, 4) is 0 Å². The second-order valence-corrected chi connectivity index (χ2v) is 7.95. The van der Waals surface area contributed by atoms with Crippen LogP contribution in [0.25, 0.3) is 11.1 Å². The molecule has 0 aliphatic carbocycles. The Labute approximate surface area is 185 Å². The van der Waals surface area contributed by atoms with Crippen LogP contribution in [0.2, 0.25) is 0 Å². The number of fused-ring (bicyclic) bond motifs is 1. The molecule has 1 aliphatic heterocycles. The van der Waals surface area contributed by atoms with Crippen LogP contribution >= 0.6 is 0 Å². The van der Waals surface area contributed by atoms with Crippen molar-refractivity contribution in [3.05, 3.63) is 69.7 Å². The van der Waals surface area contributed by atoms with Gasteiger partial charge < -0.3 is 14.1 Å². The first-order valence-corrected chi connectivity index (χ1v) is 10.9. The van der Waals surface area contributed by atoms with E-state index >= 15 is 0 Å². The fourth-order valence-corrected chi connectivity index (χ4v) is 3.78. The maximum absolute atomic E-state index is 12.5. The van der Waals surface area contributed by atoms with Crippen LogP contribution in [-0.2, 0) is 17.8 Å². The molecule has 1 amide bonds. The lowest BCUT2D eigenvalue weighted by Gasteiger charge is -2.33. The Hall–Kier alpha value is -3.39. The van der Waals surface area contributed by atoms with Gasteiger partial charge in [-0.3, -0.25) is 14.7 Å². The van der Waals surface area contributed by atoms with Crippen LogP contribution in [0.15, 0.2) is 51.7 Å². The fourth-order valence-electron chi connectivity index (χ4n) is 3.78. The number of benzene rings is 2. The first-order chi connectivity index (χ1) is 15.5. The smallest absolute Gasteiger partial charge is 0.417 e. The third kappa shape index (κ3) is 5.26. The highest BCUT2D eigenvalue weighted by atomic mass is 16.6. The average Bonchev–Trinajstić information content (AvgIpc) is 3.20. The first-order valence-electron chi connectivity index (χ1n) is 10.9. The molecule has 0 saturated carbocycles. The summed E-state index contributed by atoms with van der Waals surface area (Å²) >= 11 is 0. The number of Topliss-reactive ketones (excluding diaryl/α,β-unsaturated/α-hetero) is 1. The van der Waals surface area contributed by atoms with Gasteiger partial charge in [0.05, 0.1) is 5.52 Å². The molecule has 0 unspecified atom stereocenters. The van der Waals surface area contributed by atoms with E-state index in [1.165, 1.54) is 5.56 Å². The number of carbonyl (C=O) groups excluding carboxylic acids is 2. The number of nitrogens with zero attached hydrogens (tertiary/aromatic N) is 2. The fraction of sp³-hybridized carbons (Fsp3) is 0.375. The zero-order valence-corrected chi connectivity index (χ0v) is 18.1. The van der Waals surface area contributed by atoms with Crippen molar-refractivity contribution in [3.63, 3.8) is 0 Å². The third-order valence-corrected chi connectivity index (χ3v) is 5.82. The van der Waals surface area contributed by atoms with Crippen molar-refractivity contribution in [1.29, 1.82) is 0 Å². The maximum atomic E-state index is 12.5. The van der Waals surface area contributed by atoms with Crippen molar-refractivity contribution in [2.45, 2.75) is 26.4 Å². The number of hydrogen-bond donors (Lipinski definition) is 1. The van der Waals surface area contributed by atoms with Gasteiger partial charge in [-0.2, -0.15) is 0 Å². The minimum atomic E-state index is -0.532. The standard InChI is InChI=1S/C24H27N3O5/c1-2-17-3-5-18(6-4-17)16-31-24(30)27-13-11-26(12-14-27)10-9-21(28)19-7-8-20-22(15-19)32-23(29)25-20/h3-8,15H,2,9-14,16H2,1H3,(H,25,29). The van der Waals surface area contributed by atoms with Crippen molar-refractivity contribution in [2.75, 3.05) is 32.7 Å². The van der Waals surface area contributed by atoms with E-state index < -0.39 is 5.76 Å². The molecule has 32 heavy (non-hydrogen) atoms. The molecule has 1 aliphatic rings. The summed E-state index contributed by atoms with van der Waals surface area (Å²) < 4.78 is 10.5. The highest BCUT2D eigenvalue weighted by Crippen LogP contribution is 2.15. The van der Waals surface area contributed by atoms with Gasteiger partial charge in [0.2, 0.25) is 0 Å². The summed E-state index contributed by atoms with van der Waals surface area (Å²) in [6.07, 6.45) is 1.04. The Balaban J connectivity index is 1.20. The van der Waals surface area contributed by atoms with Gasteiger partial charge in [0.15, 0.2) is 11.4 Å². The van der Waals surface area contributed by atoms with E-state index in [1.54, 1.807) is 23.1 Å². The minimum absolute atomic E-state index is 0.00770. The molecule has 1 saturated heterocycles. The van der Waals surface area contributed by atoms with E-state index in [9.17, 15) is 14.4 Å². The molecule has 1 fully saturated rings. The van der Waals surface area contributed by atoms with Crippen molar-refractivity contribution >= 4 is 23.0 Å². The molecule has 2 heterocycles. The molecular formula is C24H27N3O5. The number of carbonyl (C=O) groups is 2. The predicted octanol–water partition coefficient (Wildman–Crippen LogP) is 3.21. The van der Waals surface area contributed by atoms with Crippen LogP contribution in [0.1, 0.15) is 34.8 Å². The van der Waals surface area contributed by atoms with Crippen LogP contribution < -0.4 is 5.76 Å². The highest BCUT2D eigenvalue weighted by molar-refractivity contribution is 5.98. The largest absolute Gasteiger partial charge is 0.445 e. The Morgan fingerprint density at radius 2 is 1.75 bits per heavy atom. The van der Waals surface area contributed by atoms with E-state index in [2.05, 4.69) is 28.9 Å². The van der Waals surface area contributed by atoms with E-state index in [0.717, 1.165) is 12.0 Å². The summed E-state index contributed by atoms with van der Waals surface area (Å²) in [4.78, 5) is 42.6. The van der Waals surface area contributed by atoms with Gasteiger partial charge in [-0.15, -0.1) is 0 Å². The average molecular weight is 437 g/mol. The lowest BCUT2D eigenvalue weighted by atomic mass is 10.1. The summed E-state index contributed by atoms with van der Waals surface area (Å²) in [6, 6.07) is 13.0. The van der Waals surface area contributed by atoms with Crippen molar-refractivity contribution < 1.29 is 18.7 Å². The quantitative estimate of drug-likeness (QED) is 0.570. The van der Waals surface area contributed by atoms with Gasteiger partial charge in [-0.1, -0.05) is 31.2 Å². The number of aryl methyl sites for hydroxylation is 1. The number of rotatable bonds is 7. The van der Waals surface area contributed by atoms with Crippen LogP contribution in [0.3, 0.4) is 0 Å². The zero-order valence-electron chi connectivity index (χ0n) is 18.1. The second-order valence-electron chi connectivity index (χ2n) is 7.95. The Morgan fingerprint density at radius 3 is 2.47 bits per heavy atom. The molecule has 4 rings (SSSR count). The Bertz CT molecular complexity index is 1140. The lowest BCUT2D eigenvalue weighted by molar-refractivity contribution is 0.0696. The van der Waals surface area contributed by atoms with Gasteiger partial charge in [-0.25, -0.2) is 9.59 Å². The molecule has 8 heteroatoms. The van der Waals surface area contributed by atoms with Gasteiger partial charge in [0.25, 0.3) is 0 Å². The number of hydrogen-bond acceptors (Lipinski definition) is 6. The lowest BCUT2D eigenvalue weighted by Crippen LogP contribution is -2.49. The summed E-state index contributed by atoms with van der Waals surface area (Å²) in [5, 5.41) is 0. The molecule has 168 valence electrons. The molecule has 8 nitrogen and oxygen atoms in total. The van der Waals surface area contributed by atoms with Crippen LogP contribution in [0.5, 0.6) is 0 Å². The monoisotopic (exact) mass is 437 g/mol. The summed E-state index contributed by atoms with van der Waals surface area (Å²) in [5.41, 5.74) is 3.72. The molecular weight excluding hydrogens is 410 g/mol. The predicted molar refractivity (Wildman–Crippen MR) is 120 cm³/mol. The van der Waals surface area contributed by atoms with Gasteiger partial charge in [0.1, 0.15) is 6.61 Å². The molecule has 0 bridgehead atoms. The number of ether oxygens (including phenoxy) is 1. The molecule has 0 spiro atoms. The molecule has 0 atom stereocenters. The van der Waals surface area contributed by atoms with Crippen molar-refractivity contribution in [2.24, 2.45) is 0 Å². The van der Waals surface area contributed by atoms with Crippen LogP contribution in [0.4, 0.5) is 4.79 Å². The van der Waals surface area contributed by atoms with E-state index in [1.807, 2.05) is 12.1 Å². The van der Waals surface area contributed by atoms with E-state index in [0.29, 0.717) is 55.8 Å². The molecule has 1 aromatic heterocycles. The van der Waals surface area contributed by atoms with Crippen molar-refractivity contribution in [1.82, 2.24) is 14.8 Å². The minimum Gasteiger partial charge on any atom is -0.445 e.